The van der Waals surface area contributed by atoms with Crippen LogP contribution in [0.1, 0.15) is 37.6 Å². The molecule has 0 aromatic carbocycles. The monoisotopic (exact) mass is 447 g/mol. The highest BCUT2D eigenvalue weighted by atomic mass is 32.2. The summed E-state index contributed by atoms with van der Waals surface area (Å²) < 4.78 is 29.4. The zero-order valence-corrected chi connectivity index (χ0v) is 18.8. The fourth-order valence-electron chi connectivity index (χ4n) is 3.68. The van der Waals surface area contributed by atoms with E-state index in [1.54, 1.807) is 24.5 Å². The van der Waals surface area contributed by atoms with Crippen LogP contribution < -0.4 is 5.32 Å². The molecule has 1 N–H and O–H groups in total. The van der Waals surface area contributed by atoms with Gasteiger partial charge in [0.2, 0.25) is 5.91 Å². The summed E-state index contributed by atoms with van der Waals surface area (Å²) in [7, 11) is -3.57. The van der Waals surface area contributed by atoms with E-state index in [2.05, 4.69) is 15.4 Å². The third-order valence-electron chi connectivity index (χ3n) is 5.25. The smallest absolute Gasteiger partial charge is 0.252 e. The van der Waals surface area contributed by atoms with Crippen molar-refractivity contribution in [3.8, 4) is 0 Å². The van der Waals surface area contributed by atoms with E-state index >= 15 is 0 Å². The van der Waals surface area contributed by atoms with Gasteiger partial charge in [0.05, 0.1) is 24.0 Å². The molecule has 1 aliphatic heterocycles. The Morgan fingerprint density at radius 2 is 2.10 bits per heavy atom. The minimum atomic E-state index is -3.57. The molecule has 0 bridgehead atoms. The zero-order chi connectivity index (χ0) is 21.5. The summed E-state index contributed by atoms with van der Waals surface area (Å²) in [5.41, 5.74) is 1.36. The van der Waals surface area contributed by atoms with Gasteiger partial charge in [-0.25, -0.2) is 18.1 Å². The first-order valence-electron chi connectivity index (χ1n) is 9.96. The quantitative estimate of drug-likeness (QED) is 0.646. The van der Waals surface area contributed by atoms with Gasteiger partial charge in [-0.15, -0.1) is 11.3 Å². The Morgan fingerprint density at radius 3 is 2.80 bits per heavy atom. The van der Waals surface area contributed by atoms with E-state index < -0.39 is 15.9 Å². The maximum absolute atomic E-state index is 12.9. The topological polar surface area (TPSA) is 97.2 Å². The molecule has 0 radical (unpaired) electrons. The number of thiophene rings is 1. The van der Waals surface area contributed by atoms with Gasteiger partial charge in [-0.05, 0) is 51.8 Å². The molecule has 4 heterocycles. The minimum Gasteiger partial charge on any atom is -0.324 e. The molecular formula is C20H25N5O3S2. The normalized spacial score (nSPS) is 18.2. The number of carbonyl (C=O) groups excluding carboxylic acids is 1. The Bertz CT molecular complexity index is 1180. The number of hydrogen-bond acceptors (Lipinski definition) is 6. The summed E-state index contributed by atoms with van der Waals surface area (Å²) in [5.74, 6) is -0.585. The van der Waals surface area contributed by atoms with Gasteiger partial charge < -0.3 is 5.32 Å². The van der Waals surface area contributed by atoms with E-state index in [0.29, 0.717) is 29.3 Å². The van der Waals surface area contributed by atoms with Crippen LogP contribution in [0.3, 0.4) is 0 Å². The number of nitrogens with one attached hydrogen (secondary N) is 1. The average Bonchev–Trinajstić information content (AvgIpc) is 3.34. The molecule has 1 aliphatic rings. The lowest BCUT2D eigenvalue weighted by Gasteiger charge is -2.30. The van der Waals surface area contributed by atoms with Crippen LogP contribution in [0.2, 0.25) is 0 Å². The third-order valence-corrected chi connectivity index (χ3v) is 8.59. The predicted octanol–water partition coefficient (Wildman–Crippen LogP) is 3.42. The fraction of sp³-hybridized carbons (Fsp3) is 0.450. The van der Waals surface area contributed by atoms with Crippen molar-refractivity contribution in [1.29, 1.82) is 0 Å². The number of sulfonamides is 1. The molecule has 1 unspecified atom stereocenters. The van der Waals surface area contributed by atoms with Crippen molar-refractivity contribution in [2.24, 2.45) is 5.92 Å². The van der Waals surface area contributed by atoms with Crippen LogP contribution in [0.4, 0.5) is 5.69 Å². The number of carbonyl (C=O) groups is 1. The second-order valence-electron chi connectivity index (χ2n) is 7.88. The number of fused-ring (bicyclic) bond motifs is 1. The van der Waals surface area contributed by atoms with Gasteiger partial charge >= 0.3 is 0 Å². The van der Waals surface area contributed by atoms with Gasteiger partial charge in [0.1, 0.15) is 4.21 Å². The standard InChI is InChI=1S/C20H25N5O3S2/c1-13(2)25-19-16(10-22-25)9-17(11-21-19)23-20(26)15-5-4-8-24(12-15)30(27,28)18-7-6-14(3)29-18/h6-7,9-11,13,15H,4-5,8,12H2,1-3H3,(H,23,26). The molecule has 30 heavy (non-hydrogen) atoms. The highest BCUT2D eigenvalue weighted by Crippen LogP contribution is 2.29. The lowest BCUT2D eigenvalue weighted by atomic mass is 9.99. The second kappa shape index (κ2) is 8.09. The van der Waals surface area contributed by atoms with Crippen LogP contribution >= 0.6 is 11.3 Å². The van der Waals surface area contributed by atoms with E-state index in [-0.39, 0.29) is 18.5 Å². The maximum Gasteiger partial charge on any atom is 0.252 e. The van der Waals surface area contributed by atoms with Crippen LogP contribution in [0.15, 0.2) is 34.8 Å². The summed E-state index contributed by atoms with van der Waals surface area (Å²) in [6.07, 6.45) is 4.66. The minimum absolute atomic E-state index is 0.185. The van der Waals surface area contributed by atoms with Crippen LogP contribution in [0.5, 0.6) is 0 Å². The molecule has 10 heteroatoms. The van der Waals surface area contributed by atoms with Gasteiger partial charge in [-0.2, -0.15) is 9.40 Å². The number of rotatable bonds is 5. The Morgan fingerprint density at radius 1 is 1.30 bits per heavy atom. The third kappa shape index (κ3) is 3.99. The van der Waals surface area contributed by atoms with Crippen molar-refractivity contribution in [3.05, 3.63) is 35.5 Å². The molecular weight excluding hydrogens is 422 g/mol. The van der Waals surface area contributed by atoms with Crippen molar-refractivity contribution in [2.75, 3.05) is 18.4 Å². The molecule has 160 valence electrons. The first-order chi connectivity index (χ1) is 14.3. The largest absolute Gasteiger partial charge is 0.324 e. The predicted molar refractivity (Wildman–Crippen MR) is 117 cm³/mol. The van der Waals surface area contributed by atoms with Crippen LogP contribution in [-0.2, 0) is 14.8 Å². The summed E-state index contributed by atoms with van der Waals surface area (Å²) in [6.45, 7) is 6.57. The number of aromatic nitrogens is 3. The van der Waals surface area contributed by atoms with Crippen LogP contribution in [0, 0.1) is 12.8 Å². The Hall–Kier alpha value is -2.30. The highest BCUT2D eigenvalue weighted by Gasteiger charge is 2.34. The van der Waals surface area contributed by atoms with E-state index in [4.69, 9.17) is 0 Å². The fourth-order valence-corrected chi connectivity index (χ4v) is 6.64. The first kappa shape index (κ1) is 21.0. The van der Waals surface area contributed by atoms with E-state index in [9.17, 15) is 13.2 Å². The van der Waals surface area contributed by atoms with E-state index in [1.807, 2.05) is 31.5 Å². The van der Waals surface area contributed by atoms with Gasteiger partial charge in [-0.1, -0.05) is 0 Å². The summed E-state index contributed by atoms with van der Waals surface area (Å²) in [5, 5.41) is 8.09. The molecule has 8 nitrogen and oxygen atoms in total. The molecule has 0 saturated carbocycles. The average molecular weight is 448 g/mol. The van der Waals surface area contributed by atoms with Crippen LogP contribution in [0.25, 0.3) is 11.0 Å². The molecule has 1 fully saturated rings. The van der Waals surface area contributed by atoms with Gasteiger partial charge in [0.15, 0.2) is 5.65 Å². The van der Waals surface area contributed by atoms with Crippen LogP contribution in [-0.4, -0.2) is 46.5 Å². The molecule has 3 aromatic rings. The lowest BCUT2D eigenvalue weighted by molar-refractivity contribution is -0.120. The maximum atomic E-state index is 12.9. The molecule has 1 saturated heterocycles. The Labute approximate surface area is 180 Å². The molecule has 0 aliphatic carbocycles. The summed E-state index contributed by atoms with van der Waals surface area (Å²) in [4.78, 5) is 18.2. The van der Waals surface area contributed by atoms with Crippen molar-refractivity contribution < 1.29 is 13.2 Å². The number of pyridine rings is 1. The Balaban J connectivity index is 1.47. The first-order valence-corrected chi connectivity index (χ1v) is 12.2. The van der Waals surface area contributed by atoms with Crippen molar-refractivity contribution in [3.63, 3.8) is 0 Å². The highest BCUT2D eigenvalue weighted by molar-refractivity contribution is 7.91. The Kier molecular flexibility index (Phi) is 5.65. The number of piperidine rings is 1. The molecule has 1 atom stereocenters. The summed E-state index contributed by atoms with van der Waals surface area (Å²) >= 11 is 1.26. The zero-order valence-electron chi connectivity index (χ0n) is 17.2. The lowest BCUT2D eigenvalue weighted by Crippen LogP contribution is -2.43. The molecule has 3 aromatic heterocycles. The summed E-state index contributed by atoms with van der Waals surface area (Å²) in [6, 6.07) is 5.48. The SMILES string of the molecule is Cc1ccc(S(=O)(=O)N2CCCC(C(=O)Nc3cnc4c(cnn4C(C)C)c3)C2)s1. The number of aryl methyl sites for hydroxylation is 1. The number of anilines is 1. The number of nitrogens with zero attached hydrogens (tertiary/aromatic N) is 4. The number of amides is 1. The second-order valence-corrected chi connectivity index (χ2v) is 11.3. The van der Waals surface area contributed by atoms with Crippen molar-refractivity contribution in [1.82, 2.24) is 19.1 Å². The molecule has 0 spiro atoms. The molecule has 1 amide bonds. The van der Waals surface area contributed by atoms with Gasteiger partial charge in [-0.3, -0.25) is 4.79 Å². The molecule has 4 rings (SSSR count). The van der Waals surface area contributed by atoms with Gasteiger partial charge in [0, 0.05) is 29.4 Å². The van der Waals surface area contributed by atoms with Crippen molar-refractivity contribution >= 4 is 44.0 Å². The van der Waals surface area contributed by atoms with Crippen molar-refractivity contribution in [2.45, 2.75) is 43.9 Å². The number of hydrogen-bond donors (Lipinski definition) is 1. The van der Waals surface area contributed by atoms with Gasteiger partial charge in [0.25, 0.3) is 10.0 Å². The van der Waals surface area contributed by atoms with E-state index in [0.717, 1.165) is 15.9 Å². The van der Waals surface area contributed by atoms with E-state index in [1.165, 1.54) is 15.6 Å².